The van der Waals surface area contributed by atoms with Crippen LogP contribution in [0.4, 0.5) is 0 Å². The standard InChI is InChI=1S/C11H11NO2S/c12-9(11(13)14)5-10-8-4-2-1-3-7(8)6-15-10/h1-4,6,9H,5,12H2,(H,13,14). The molecule has 1 heterocycles. The minimum Gasteiger partial charge on any atom is -0.480 e. The summed E-state index contributed by atoms with van der Waals surface area (Å²) in [6, 6.07) is 7.12. The van der Waals surface area contributed by atoms with Gasteiger partial charge in [-0.25, -0.2) is 0 Å². The van der Waals surface area contributed by atoms with Crippen molar-refractivity contribution < 1.29 is 9.90 Å². The highest BCUT2D eigenvalue weighted by Crippen LogP contribution is 2.26. The van der Waals surface area contributed by atoms with Crippen molar-refractivity contribution in [3.63, 3.8) is 0 Å². The quantitative estimate of drug-likeness (QED) is 0.831. The third kappa shape index (κ3) is 2.00. The van der Waals surface area contributed by atoms with Gasteiger partial charge in [0, 0.05) is 11.3 Å². The van der Waals surface area contributed by atoms with Crippen LogP contribution in [0.3, 0.4) is 0 Å². The fraction of sp³-hybridized carbons (Fsp3) is 0.182. The number of thiophene rings is 1. The lowest BCUT2D eigenvalue weighted by molar-refractivity contribution is -0.138. The molecular weight excluding hydrogens is 210 g/mol. The Balaban J connectivity index is 2.32. The monoisotopic (exact) mass is 221 g/mol. The van der Waals surface area contributed by atoms with E-state index in [0.717, 1.165) is 15.6 Å². The molecule has 1 aromatic carbocycles. The van der Waals surface area contributed by atoms with Gasteiger partial charge >= 0.3 is 5.97 Å². The second kappa shape index (κ2) is 4.00. The Bertz CT molecular complexity index is 492. The van der Waals surface area contributed by atoms with Crippen LogP contribution in [0.2, 0.25) is 0 Å². The molecule has 0 bridgehead atoms. The maximum absolute atomic E-state index is 10.6. The van der Waals surface area contributed by atoms with Gasteiger partial charge < -0.3 is 10.8 Å². The van der Waals surface area contributed by atoms with E-state index in [2.05, 4.69) is 0 Å². The first-order valence-corrected chi connectivity index (χ1v) is 5.50. The number of carbonyl (C=O) groups is 1. The summed E-state index contributed by atoms with van der Waals surface area (Å²) >= 11 is 1.57. The largest absolute Gasteiger partial charge is 0.480 e. The van der Waals surface area contributed by atoms with E-state index >= 15 is 0 Å². The predicted molar refractivity (Wildman–Crippen MR) is 61.1 cm³/mol. The first-order chi connectivity index (χ1) is 7.18. The van der Waals surface area contributed by atoms with Gasteiger partial charge in [0.1, 0.15) is 6.04 Å². The number of rotatable bonds is 3. The molecule has 3 nitrogen and oxygen atoms in total. The fourth-order valence-electron chi connectivity index (χ4n) is 1.50. The zero-order valence-electron chi connectivity index (χ0n) is 8.01. The average molecular weight is 221 g/mol. The molecule has 0 fully saturated rings. The van der Waals surface area contributed by atoms with Crippen molar-refractivity contribution in [1.29, 1.82) is 0 Å². The summed E-state index contributed by atoms with van der Waals surface area (Å²) in [5.74, 6) is -0.951. The molecule has 2 rings (SSSR count). The van der Waals surface area contributed by atoms with Gasteiger partial charge in [-0.15, -0.1) is 11.3 Å². The van der Waals surface area contributed by atoms with Crippen LogP contribution in [0, 0.1) is 0 Å². The second-order valence-electron chi connectivity index (χ2n) is 3.39. The lowest BCUT2D eigenvalue weighted by Crippen LogP contribution is -2.31. The van der Waals surface area contributed by atoms with E-state index in [0.29, 0.717) is 6.42 Å². The summed E-state index contributed by atoms with van der Waals surface area (Å²) < 4.78 is 0. The molecule has 0 aliphatic carbocycles. The molecule has 15 heavy (non-hydrogen) atoms. The van der Waals surface area contributed by atoms with Gasteiger partial charge in [0.2, 0.25) is 0 Å². The minimum absolute atomic E-state index is 0.396. The number of hydrogen-bond acceptors (Lipinski definition) is 3. The highest BCUT2D eigenvalue weighted by molar-refractivity contribution is 7.11. The zero-order valence-corrected chi connectivity index (χ0v) is 8.83. The van der Waals surface area contributed by atoms with Crippen LogP contribution in [0.1, 0.15) is 4.88 Å². The number of carboxylic acid groups (broad SMARTS) is 1. The van der Waals surface area contributed by atoms with Crippen LogP contribution < -0.4 is 5.73 Å². The zero-order chi connectivity index (χ0) is 10.8. The highest BCUT2D eigenvalue weighted by Gasteiger charge is 2.14. The molecule has 2 aromatic rings. The first kappa shape index (κ1) is 10.1. The third-order valence-corrected chi connectivity index (χ3v) is 3.35. The summed E-state index contributed by atoms with van der Waals surface area (Å²) in [5, 5.41) is 13.0. The van der Waals surface area contributed by atoms with Gasteiger partial charge in [0.05, 0.1) is 0 Å². The van der Waals surface area contributed by atoms with E-state index in [-0.39, 0.29) is 0 Å². The van der Waals surface area contributed by atoms with Crippen molar-refractivity contribution in [3.05, 3.63) is 34.5 Å². The highest BCUT2D eigenvalue weighted by atomic mass is 32.1. The van der Waals surface area contributed by atoms with E-state index in [1.165, 1.54) is 0 Å². The van der Waals surface area contributed by atoms with Crippen LogP contribution in [-0.4, -0.2) is 17.1 Å². The molecule has 78 valence electrons. The molecule has 0 spiro atoms. The van der Waals surface area contributed by atoms with Crippen molar-refractivity contribution in [2.24, 2.45) is 5.73 Å². The van der Waals surface area contributed by atoms with Crippen LogP contribution >= 0.6 is 11.3 Å². The van der Waals surface area contributed by atoms with Crippen molar-refractivity contribution in [2.45, 2.75) is 12.5 Å². The van der Waals surface area contributed by atoms with E-state index in [9.17, 15) is 4.79 Å². The number of hydrogen-bond donors (Lipinski definition) is 2. The van der Waals surface area contributed by atoms with Crippen molar-refractivity contribution in [2.75, 3.05) is 0 Å². The third-order valence-electron chi connectivity index (χ3n) is 2.31. The minimum atomic E-state index is -0.951. The van der Waals surface area contributed by atoms with Crippen molar-refractivity contribution in [1.82, 2.24) is 0 Å². The molecule has 0 radical (unpaired) electrons. The molecule has 4 heteroatoms. The topological polar surface area (TPSA) is 63.3 Å². The molecule has 0 aliphatic heterocycles. The number of fused-ring (bicyclic) bond motifs is 1. The number of nitrogens with two attached hydrogens (primary N) is 1. The van der Waals surface area contributed by atoms with E-state index in [1.807, 2.05) is 29.6 Å². The average Bonchev–Trinajstić information content (AvgIpc) is 2.62. The Morgan fingerprint density at radius 3 is 2.93 bits per heavy atom. The Morgan fingerprint density at radius 1 is 1.47 bits per heavy atom. The van der Waals surface area contributed by atoms with Crippen molar-refractivity contribution in [3.8, 4) is 0 Å². The Labute approximate surface area is 91.1 Å². The van der Waals surface area contributed by atoms with Crippen LogP contribution in [-0.2, 0) is 11.2 Å². The van der Waals surface area contributed by atoms with Crippen LogP contribution in [0.5, 0.6) is 0 Å². The summed E-state index contributed by atoms with van der Waals surface area (Å²) in [6.45, 7) is 0. The Kier molecular flexibility index (Phi) is 2.70. The SMILES string of the molecule is NC(Cc1scc2ccccc12)C(=O)O. The molecule has 0 saturated heterocycles. The van der Waals surface area contributed by atoms with Gasteiger partial charge in [-0.2, -0.15) is 0 Å². The normalized spacial score (nSPS) is 12.9. The van der Waals surface area contributed by atoms with E-state index in [4.69, 9.17) is 10.8 Å². The number of benzene rings is 1. The van der Waals surface area contributed by atoms with Crippen LogP contribution in [0.15, 0.2) is 29.6 Å². The maximum atomic E-state index is 10.6. The second-order valence-corrected chi connectivity index (χ2v) is 4.36. The predicted octanol–water partition coefficient (Wildman–Crippen LogP) is 1.86. The molecule has 1 aromatic heterocycles. The van der Waals surface area contributed by atoms with Crippen LogP contribution in [0.25, 0.3) is 10.8 Å². The van der Waals surface area contributed by atoms with E-state index in [1.54, 1.807) is 11.3 Å². The molecule has 1 unspecified atom stereocenters. The molecule has 0 aliphatic rings. The van der Waals surface area contributed by atoms with E-state index < -0.39 is 12.0 Å². The molecular formula is C11H11NO2S. The van der Waals surface area contributed by atoms with Crippen molar-refractivity contribution >= 4 is 28.1 Å². The van der Waals surface area contributed by atoms with Gasteiger partial charge in [0.25, 0.3) is 0 Å². The summed E-state index contributed by atoms with van der Waals surface area (Å²) in [5.41, 5.74) is 5.51. The Morgan fingerprint density at radius 2 is 2.20 bits per heavy atom. The van der Waals surface area contributed by atoms with Gasteiger partial charge in [-0.05, 0) is 16.2 Å². The molecule has 0 amide bonds. The smallest absolute Gasteiger partial charge is 0.320 e. The maximum Gasteiger partial charge on any atom is 0.320 e. The summed E-state index contributed by atoms with van der Waals surface area (Å²) in [7, 11) is 0. The lowest BCUT2D eigenvalue weighted by atomic mass is 10.1. The molecule has 0 saturated carbocycles. The van der Waals surface area contributed by atoms with Gasteiger partial charge in [-0.3, -0.25) is 4.79 Å². The first-order valence-electron chi connectivity index (χ1n) is 4.62. The Hall–Kier alpha value is -1.39. The van der Waals surface area contributed by atoms with Gasteiger partial charge in [0.15, 0.2) is 0 Å². The molecule has 1 atom stereocenters. The summed E-state index contributed by atoms with van der Waals surface area (Å²) in [4.78, 5) is 11.7. The number of aliphatic carboxylic acids is 1. The molecule has 3 N–H and O–H groups in total. The fourth-order valence-corrected chi connectivity index (χ4v) is 2.56. The lowest BCUT2D eigenvalue weighted by Gasteiger charge is -2.04. The summed E-state index contributed by atoms with van der Waals surface area (Å²) in [6.07, 6.45) is 0.396. The van der Waals surface area contributed by atoms with Gasteiger partial charge in [-0.1, -0.05) is 24.3 Å². The number of carboxylic acids is 1.